The third-order valence-corrected chi connectivity index (χ3v) is 12.4. The second-order valence-corrected chi connectivity index (χ2v) is 16.3. The molecule has 0 bridgehead atoms. The predicted molar refractivity (Wildman–Crippen MR) is 194 cm³/mol. The van der Waals surface area contributed by atoms with Crippen molar-refractivity contribution in [2.75, 3.05) is 39.8 Å². The van der Waals surface area contributed by atoms with Gasteiger partial charge in [-0.05, 0) is 105 Å². The van der Waals surface area contributed by atoms with Gasteiger partial charge in [-0.25, -0.2) is 4.21 Å². The molecular formula is C38H56ClN3O5S. The van der Waals surface area contributed by atoms with Crippen LogP contribution in [0.4, 0.5) is 0 Å². The number of aryl methyl sites for hydroxylation is 1. The lowest BCUT2D eigenvalue weighted by atomic mass is 9.71. The van der Waals surface area contributed by atoms with Crippen molar-refractivity contribution in [2.45, 2.75) is 102 Å². The highest BCUT2D eigenvalue weighted by Gasteiger charge is 2.42. The molecule has 266 valence electrons. The van der Waals surface area contributed by atoms with E-state index in [0.717, 1.165) is 63.3 Å². The maximum absolute atomic E-state index is 12.9. The van der Waals surface area contributed by atoms with Gasteiger partial charge in [0.1, 0.15) is 28.9 Å². The molecule has 2 saturated heterocycles. The highest BCUT2D eigenvalue weighted by atomic mass is 35.5. The van der Waals surface area contributed by atoms with Gasteiger partial charge in [-0.2, -0.15) is 0 Å². The molecule has 48 heavy (non-hydrogen) atoms. The van der Waals surface area contributed by atoms with Crippen LogP contribution in [0.25, 0.3) is 0 Å². The monoisotopic (exact) mass is 701 g/mol. The molecule has 3 aliphatic rings. The van der Waals surface area contributed by atoms with Gasteiger partial charge in [-0.15, -0.1) is 0 Å². The zero-order valence-electron chi connectivity index (χ0n) is 29.4. The first-order chi connectivity index (χ1) is 23.1. The molecule has 2 aliphatic heterocycles. The van der Waals surface area contributed by atoms with Crippen molar-refractivity contribution in [1.82, 2.24) is 14.9 Å². The first-order valence-corrected chi connectivity index (χ1v) is 19.7. The topological polar surface area (TPSA) is 89.1 Å². The van der Waals surface area contributed by atoms with Gasteiger partial charge in [0.15, 0.2) is 6.29 Å². The number of halogens is 1. The van der Waals surface area contributed by atoms with E-state index in [4.69, 9.17) is 25.8 Å². The van der Waals surface area contributed by atoms with Crippen LogP contribution < -0.4 is 14.8 Å². The maximum Gasteiger partial charge on any atom is 0.262 e. The van der Waals surface area contributed by atoms with Gasteiger partial charge in [0.05, 0.1) is 11.9 Å². The summed E-state index contributed by atoms with van der Waals surface area (Å²) >= 11 is 6.45. The molecule has 2 aromatic rings. The van der Waals surface area contributed by atoms with E-state index < -0.39 is 11.0 Å². The van der Waals surface area contributed by atoms with E-state index in [9.17, 15) is 9.00 Å². The molecule has 1 saturated carbocycles. The fourth-order valence-corrected chi connectivity index (χ4v) is 8.70. The van der Waals surface area contributed by atoms with Gasteiger partial charge in [0, 0.05) is 49.1 Å². The summed E-state index contributed by atoms with van der Waals surface area (Å²) in [4.78, 5) is 15.3. The number of ether oxygens (including phenoxy) is 3. The number of hydrogen-bond acceptors (Lipinski definition) is 7. The zero-order chi connectivity index (χ0) is 34.2. The summed E-state index contributed by atoms with van der Waals surface area (Å²) in [7, 11) is 0.779. The highest BCUT2D eigenvalue weighted by Crippen LogP contribution is 2.41. The molecule has 5 rings (SSSR count). The molecule has 0 aromatic heterocycles. The van der Waals surface area contributed by atoms with Crippen LogP contribution in [-0.4, -0.2) is 78.6 Å². The quantitative estimate of drug-likeness (QED) is 0.178. The SMILES string of the molecule is CCCc1cc(Cl)ccc1C(COc1ccc(C(=O)NS(=O)C(C)C(C)CCC)cc1)CN(C)CC1CCC1CC1OC2CNCC2O1. The van der Waals surface area contributed by atoms with E-state index in [2.05, 4.69) is 54.9 Å². The van der Waals surface area contributed by atoms with E-state index in [1.807, 2.05) is 25.1 Å². The number of carbonyl (C=O) groups is 1. The number of carbonyl (C=O) groups excluding carboxylic acids is 1. The van der Waals surface area contributed by atoms with Gasteiger partial charge in [-0.3, -0.25) is 9.52 Å². The van der Waals surface area contributed by atoms with Gasteiger partial charge in [0.25, 0.3) is 5.91 Å². The third-order valence-electron chi connectivity index (χ3n) is 10.6. The molecule has 3 fully saturated rings. The van der Waals surface area contributed by atoms with Crippen molar-refractivity contribution in [3.05, 3.63) is 64.2 Å². The average molecular weight is 702 g/mol. The summed E-state index contributed by atoms with van der Waals surface area (Å²) in [6, 6.07) is 13.4. The normalized spacial score (nSPS) is 26.0. The Kier molecular flexibility index (Phi) is 13.8. The van der Waals surface area contributed by atoms with Gasteiger partial charge in [0.2, 0.25) is 0 Å². The van der Waals surface area contributed by atoms with E-state index in [1.165, 1.54) is 24.0 Å². The predicted octanol–water partition coefficient (Wildman–Crippen LogP) is 6.73. The largest absolute Gasteiger partial charge is 0.493 e. The highest BCUT2D eigenvalue weighted by molar-refractivity contribution is 7.84. The summed E-state index contributed by atoms with van der Waals surface area (Å²) in [6.07, 6.45) is 7.81. The lowest BCUT2D eigenvalue weighted by Crippen LogP contribution is -2.40. The molecule has 8 nitrogen and oxygen atoms in total. The van der Waals surface area contributed by atoms with Crippen molar-refractivity contribution < 1.29 is 23.2 Å². The molecule has 1 aliphatic carbocycles. The Morgan fingerprint density at radius 1 is 1.06 bits per heavy atom. The Morgan fingerprint density at radius 3 is 2.42 bits per heavy atom. The number of likely N-dealkylation sites (N-methyl/N-ethyl adjacent to an activating group) is 1. The van der Waals surface area contributed by atoms with Crippen LogP contribution >= 0.6 is 11.6 Å². The number of rotatable bonds is 18. The Balaban J connectivity index is 1.19. The van der Waals surface area contributed by atoms with E-state index in [-0.39, 0.29) is 41.5 Å². The van der Waals surface area contributed by atoms with Crippen LogP contribution in [0, 0.1) is 17.8 Å². The molecule has 2 aromatic carbocycles. The molecule has 2 heterocycles. The summed E-state index contributed by atoms with van der Waals surface area (Å²) in [5.74, 6) is 2.03. The molecule has 0 radical (unpaired) electrons. The van der Waals surface area contributed by atoms with Crippen LogP contribution in [0.15, 0.2) is 42.5 Å². The average Bonchev–Trinajstić information content (AvgIpc) is 3.67. The van der Waals surface area contributed by atoms with Gasteiger partial charge in [-0.1, -0.05) is 51.3 Å². The van der Waals surface area contributed by atoms with Gasteiger partial charge < -0.3 is 24.4 Å². The Morgan fingerprint density at radius 2 is 1.77 bits per heavy atom. The molecule has 8 atom stereocenters. The minimum atomic E-state index is -1.44. The number of nitrogens with zero attached hydrogens (tertiary/aromatic N) is 1. The summed E-state index contributed by atoms with van der Waals surface area (Å²) < 4.78 is 34.2. The van der Waals surface area contributed by atoms with Gasteiger partial charge >= 0.3 is 0 Å². The van der Waals surface area contributed by atoms with Crippen LogP contribution in [0.1, 0.15) is 93.6 Å². The number of fused-ring (bicyclic) bond motifs is 1. The van der Waals surface area contributed by atoms with Crippen molar-refractivity contribution in [3.8, 4) is 5.75 Å². The van der Waals surface area contributed by atoms with Crippen molar-refractivity contribution >= 4 is 28.5 Å². The third kappa shape index (κ3) is 9.82. The van der Waals surface area contributed by atoms with Crippen molar-refractivity contribution in [1.29, 1.82) is 0 Å². The lowest BCUT2D eigenvalue weighted by molar-refractivity contribution is -0.0975. The summed E-state index contributed by atoms with van der Waals surface area (Å²) in [5.41, 5.74) is 3.01. The first-order valence-electron chi connectivity index (χ1n) is 18.1. The van der Waals surface area contributed by atoms with Crippen LogP contribution in [0.5, 0.6) is 5.75 Å². The van der Waals surface area contributed by atoms with E-state index in [1.54, 1.807) is 12.1 Å². The fraction of sp³-hybridized carbons (Fsp3) is 0.658. The Bertz CT molecular complexity index is 1350. The number of nitrogens with one attached hydrogen (secondary N) is 2. The summed E-state index contributed by atoms with van der Waals surface area (Å²) in [5, 5.41) is 4.00. The standard InChI is InChI=1S/C38H56ClN3O5S/c1-6-8-25(3)26(4)48(44)41-38(43)27-12-15-33(16-13-27)45-24-31(34-17-14-32(39)18-29(34)9-7-2)23-42(5)22-30-11-10-28(30)19-37-46-35-20-40-21-36(35)47-37/h12-18,25-26,28,30-31,35-37,40H,6-11,19-24H2,1-5H3,(H,41,43). The molecule has 10 heteroatoms. The van der Waals surface area contributed by atoms with E-state index >= 15 is 0 Å². The van der Waals surface area contributed by atoms with Crippen molar-refractivity contribution in [2.24, 2.45) is 17.8 Å². The number of amides is 1. The first kappa shape index (κ1) is 37.3. The second kappa shape index (κ2) is 17.8. The minimum absolute atomic E-state index is 0.0651. The van der Waals surface area contributed by atoms with Crippen LogP contribution in [-0.2, 0) is 26.9 Å². The van der Waals surface area contributed by atoms with E-state index in [0.29, 0.717) is 29.8 Å². The van der Waals surface area contributed by atoms with Crippen molar-refractivity contribution in [3.63, 3.8) is 0 Å². The number of hydrogen-bond donors (Lipinski definition) is 2. The minimum Gasteiger partial charge on any atom is -0.493 e. The summed E-state index contributed by atoms with van der Waals surface area (Å²) in [6.45, 7) is 12.5. The molecule has 8 unspecified atom stereocenters. The second-order valence-electron chi connectivity index (χ2n) is 14.3. The molecule has 0 spiro atoms. The number of benzene rings is 2. The molecule has 2 N–H and O–H groups in total. The molecule has 1 amide bonds. The van der Waals surface area contributed by atoms with Crippen LogP contribution in [0.3, 0.4) is 0 Å². The Hall–Kier alpha value is -2.01. The smallest absolute Gasteiger partial charge is 0.262 e. The maximum atomic E-state index is 12.9. The molecular weight excluding hydrogens is 646 g/mol. The lowest BCUT2D eigenvalue weighted by Gasteiger charge is -2.40. The zero-order valence-corrected chi connectivity index (χ0v) is 31.0. The Labute approximate surface area is 295 Å². The fourth-order valence-electron chi connectivity index (χ4n) is 7.47. The van der Waals surface area contributed by atoms with Crippen LogP contribution in [0.2, 0.25) is 5.02 Å².